The van der Waals surface area contributed by atoms with E-state index in [1.54, 1.807) is 23.5 Å². The number of fused-ring (bicyclic) bond motifs is 4. The van der Waals surface area contributed by atoms with Crippen LogP contribution in [0.4, 0.5) is 27.8 Å². The van der Waals surface area contributed by atoms with E-state index < -0.39 is 18.1 Å². The molecule has 83 heavy (non-hydrogen) atoms. The van der Waals surface area contributed by atoms with Gasteiger partial charge in [-0.3, -0.25) is 9.59 Å². The minimum atomic E-state index is -0.841. The first-order valence-electron chi connectivity index (χ1n) is 29.5. The van der Waals surface area contributed by atoms with Gasteiger partial charge in [0.05, 0.1) is 51.8 Å². The summed E-state index contributed by atoms with van der Waals surface area (Å²) in [4.78, 5) is 64.4. The van der Waals surface area contributed by atoms with Gasteiger partial charge in [-0.25, -0.2) is 14.8 Å². The van der Waals surface area contributed by atoms with E-state index in [4.69, 9.17) is 19.7 Å². The molecule has 21 nitrogen and oxygen atoms in total. The number of likely N-dealkylation sites (tertiary alicyclic amines) is 2. The molecule has 438 valence electrons. The summed E-state index contributed by atoms with van der Waals surface area (Å²) in [7, 11) is 0. The molecule has 2 aromatic carbocycles. The first kappa shape index (κ1) is 55.9. The normalized spacial score (nSPS) is 23.7. The topological polar surface area (TPSA) is 245 Å². The fourth-order valence-corrected chi connectivity index (χ4v) is 13.9. The molecule has 22 heteroatoms. The number of β-amino-alcohol motifs (C(OH)–C–C–N with tert-alkyl or cyclic N) is 1. The van der Waals surface area contributed by atoms with E-state index in [9.17, 15) is 24.6 Å². The third kappa shape index (κ3) is 12.0. The number of phenols is 1. The third-order valence-corrected chi connectivity index (χ3v) is 18.8. The SMILES string of the molecule is Cc1ncsc1-c1ccc([C@H](C)NC(=O)[C@@H]2C[C@@H](O)CN2C(=O)[C@H](c2cc(N3CCN(C(=O)N4CCC(O[C@H]5C[C@H](Oc6cc(N7CC8CCC7CN(c7cc(-c9ccccc9O)nnc7N)C8)ccn6)C5)CC4)CC3)no2)C(C)C)cc1. The molecule has 2 unspecified atom stereocenters. The maximum atomic E-state index is 14.4. The number of aromatic hydroxyl groups is 1. The zero-order valence-corrected chi connectivity index (χ0v) is 48.4. The summed E-state index contributed by atoms with van der Waals surface area (Å²) < 4.78 is 18.9. The van der Waals surface area contributed by atoms with E-state index in [-0.39, 0.29) is 72.9 Å². The number of carbonyl (C=O) groups is 3. The van der Waals surface area contributed by atoms with Gasteiger partial charge in [-0.05, 0) is 86.8 Å². The van der Waals surface area contributed by atoms with E-state index in [0.29, 0.717) is 79.7 Å². The number of phenolic OH excluding ortho intramolecular Hbond substituents is 1. The fourth-order valence-electron chi connectivity index (χ4n) is 13.1. The van der Waals surface area contributed by atoms with Gasteiger partial charge in [0.2, 0.25) is 17.7 Å². The van der Waals surface area contributed by atoms with Crippen LogP contribution in [0.5, 0.6) is 11.6 Å². The number of aliphatic hydroxyl groups is 1. The lowest BCUT2D eigenvalue weighted by Crippen LogP contribution is -2.55. The van der Waals surface area contributed by atoms with E-state index in [2.05, 4.69) is 57.5 Å². The van der Waals surface area contributed by atoms with Gasteiger partial charge in [-0.15, -0.1) is 21.5 Å². The number of nitrogens with zero attached hydrogens (tertiary/aromatic N) is 11. The summed E-state index contributed by atoms with van der Waals surface area (Å²) in [5.41, 5.74) is 14.4. The molecular formula is C61H75N13O8S. The Kier molecular flexibility index (Phi) is 16.2. The zero-order valence-electron chi connectivity index (χ0n) is 47.6. The van der Waals surface area contributed by atoms with Crippen molar-refractivity contribution in [1.82, 2.24) is 45.3 Å². The quantitative estimate of drug-likeness (QED) is 0.0790. The number of thiazole rings is 1. The van der Waals surface area contributed by atoms with Gasteiger partial charge >= 0.3 is 6.03 Å². The van der Waals surface area contributed by atoms with Crippen LogP contribution in [0.25, 0.3) is 21.7 Å². The van der Waals surface area contributed by atoms with Gasteiger partial charge in [0.1, 0.15) is 23.8 Å². The minimum Gasteiger partial charge on any atom is -0.507 e. The summed E-state index contributed by atoms with van der Waals surface area (Å²) in [5.74, 6) is 1.06. The number of ether oxygens (including phenoxy) is 2. The second-order valence-corrected chi connectivity index (χ2v) is 24.6. The van der Waals surface area contributed by atoms with Gasteiger partial charge in [0, 0.05) is 120 Å². The zero-order chi connectivity index (χ0) is 57.5. The van der Waals surface area contributed by atoms with E-state index in [1.807, 2.05) is 97.7 Å². The van der Waals surface area contributed by atoms with Crippen LogP contribution in [-0.2, 0) is 14.3 Å². The smallest absolute Gasteiger partial charge is 0.320 e. The Bertz CT molecular complexity index is 3270. The van der Waals surface area contributed by atoms with Crippen molar-refractivity contribution in [3.63, 3.8) is 0 Å². The predicted octanol–water partition coefficient (Wildman–Crippen LogP) is 7.26. The van der Waals surface area contributed by atoms with Crippen molar-refractivity contribution < 1.29 is 38.6 Å². The van der Waals surface area contributed by atoms with Crippen LogP contribution in [0.1, 0.15) is 94.7 Å². The molecule has 1 aliphatic carbocycles. The lowest BCUT2D eigenvalue weighted by atomic mass is 9.91. The van der Waals surface area contributed by atoms with Crippen LogP contribution >= 0.6 is 11.3 Å². The van der Waals surface area contributed by atoms with Crippen molar-refractivity contribution in [2.45, 2.75) is 121 Å². The summed E-state index contributed by atoms with van der Waals surface area (Å²) in [5, 5.41) is 37.4. The minimum absolute atomic E-state index is 0.0184. The van der Waals surface area contributed by atoms with E-state index >= 15 is 0 Å². The van der Waals surface area contributed by atoms with Gasteiger partial charge in [0.25, 0.3) is 0 Å². The summed E-state index contributed by atoms with van der Waals surface area (Å²) >= 11 is 1.59. The third-order valence-electron chi connectivity index (χ3n) is 17.8. The molecule has 13 rings (SSSR count). The Morgan fingerprint density at radius 3 is 2.33 bits per heavy atom. The summed E-state index contributed by atoms with van der Waals surface area (Å²) in [6.45, 7) is 13.8. The first-order valence-corrected chi connectivity index (χ1v) is 30.3. The molecule has 10 heterocycles. The van der Waals surface area contributed by atoms with Gasteiger partial charge in [0.15, 0.2) is 17.4 Å². The molecule has 1 saturated carbocycles. The monoisotopic (exact) mass is 1150 g/mol. The number of nitrogen functional groups attached to an aromatic ring is 1. The average Bonchev–Trinajstić information content (AvgIpc) is 4.25. The molecule has 0 spiro atoms. The van der Waals surface area contributed by atoms with Crippen LogP contribution in [0.2, 0.25) is 0 Å². The highest BCUT2D eigenvalue weighted by molar-refractivity contribution is 7.13. The molecular weight excluding hydrogens is 1070 g/mol. The van der Waals surface area contributed by atoms with Gasteiger partial charge in [-0.1, -0.05) is 55.4 Å². The van der Waals surface area contributed by atoms with Crippen LogP contribution < -0.4 is 30.5 Å². The molecule has 6 saturated heterocycles. The number of anilines is 4. The Balaban J connectivity index is 0.576. The van der Waals surface area contributed by atoms with Crippen molar-refractivity contribution in [2.24, 2.45) is 11.8 Å². The Morgan fingerprint density at radius 1 is 0.807 bits per heavy atom. The lowest BCUT2D eigenvalue weighted by molar-refractivity contribution is -0.141. The van der Waals surface area contributed by atoms with Crippen molar-refractivity contribution in [3.8, 4) is 33.3 Å². The number of aliphatic hydroxyl groups excluding tert-OH is 1. The van der Waals surface area contributed by atoms with E-state index in [1.165, 1.54) is 4.90 Å². The number of aryl methyl sites for hydroxylation is 1. The number of benzene rings is 2. The maximum Gasteiger partial charge on any atom is 0.320 e. The number of piperidine rings is 2. The molecule has 0 radical (unpaired) electrons. The van der Waals surface area contributed by atoms with Gasteiger partial charge in [-0.2, -0.15) is 0 Å². The summed E-state index contributed by atoms with van der Waals surface area (Å²) in [6.07, 6.45) is 6.65. The van der Waals surface area contributed by atoms with Crippen LogP contribution in [0, 0.1) is 18.8 Å². The number of pyridine rings is 1. The Labute approximate surface area is 487 Å². The molecule has 4 amide bonds. The highest BCUT2D eigenvalue weighted by Gasteiger charge is 2.44. The maximum absolute atomic E-state index is 14.4. The first-order chi connectivity index (χ1) is 40.2. The fraction of sp³-hybridized carbons (Fsp3) is 0.508. The standard InChI is InChI=1S/C61H75N13O8S/c1-36(2)56(60(78)74-34-44(75)26-51(74)59(77)65-37(3)40-10-12-41(13-11-40)57-38(4)64-35-83-57)53-30-54(68-82-53)69-21-23-71(24-22-69)61(79)70-19-16-45(17-20-70)80-46-27-47(28-46)81-55-25-42(15-18-63-55)73-32-39-9-14-43(73)33-72(31-39)50-29-49(66-67-58(50)62)48-7-5-6-8-52(48)76/h5-8,10-13,15,18,25,29-30,35-37,39,43-47,51,56,75-76H,9,14,16-17,19-24,26-28,31-34H2,1-4H3,(H2,62,67)(H,65,77)/t37-,39?,43?,44+,46-,47-,51-,56-/m0/s1. The number of amides is 4. The molecule has 5 N–H and O–H groups in total. The highest BCUT2D eigenvalue weighted by Crippen LogP contribution is 2.40. The number of piperazine rings is 1. The number of aromatic nitrogens is 5. The number of carbonyl (C=O) groups excluding carboxylic acids is 3. The van der Waals surface area contributed by atoms with Crippen LogP contribution in [0.15, 0.2) is 89.0 Å². The Morgan fingerprint density at radius 2 is 1.58 bits per heavy atom. The molecule has 6 atom stereocenters. The molecule has 6 aliphatic heterocycles. The molecule has 7 fully saturated rings. The highest BCUT2D eigenvalue weighted by atomic mass is 32.1. The Hall–Kier alpha value is -7.56. The number of nitrogens with two attached hydrogens (primary N) is 1. The lowest BCUT2D eigenvalue weighted by Gasteiger charge is -2.42. The molecule has 2 bridgehead atoms. The van der Waals surface area contributed by atoms with Gasteiger partial charge < -0.3 is 64.7 Å². The van der Waals surface area contributed by atoms with Crippen LogP contribution in [-0.4, -0.2) is 170 Å². The van der Waals surface area contributed by atoms with Crippen LogP contribution in [0.3, 0.4) is 0 Å². The van der Waals surface area contributed by atoms with Crippen molar-refractivity contribution in [1.29, 1.82) is 0 Å². The second kappa shape index (κ2) is 24.0. The second-order valence-electron chi connectivity index (χ2n) is 23.8. The number of hydrogen-bond acceptors (Lipinski definition) is 18. The number of para-hydroxylation sites is 1. The number of hydrogen-bond donors (Lipinski definition) is 4. The van der Waals surface area contributed by atoms with Crippen molar-refractivity contribution in [2.75, 3.05) is 85.9 Å². The predicted molar refractivity (Wildman–Crippen MR) is 315 cm³/mol. The summed E-state index contributed by atoms with van der Waals surface area (Å²) in [6, 6.07) is 22.2. The number of rotatable bonds is 15. The average molecular weight is 1150 g/mol. The molecule has 4 aromatic heterocycles. The molecule has 6 aromatic rings. The van der Waals surface area contributed by atoms with Crippen molar-refractivity contribution >= 4 is 52.2 Å². The molecule has 7 aliphatic rings. The number of urea groups is 1. The number of nitrogens with one attached hydrogen (secondary N) is 1. The van der Waals surface area contributed by atoms with Crippen molar-refractivity contribution in [3.05, 3.63) is 102 Å². The van der Waals surface area contributed by atoms with E-state index in [0.717, 1.165) is 91.2 Å². The largest absolute Gasteiger partial charge is 0.507 e.